The first-order valence-corrected chi connectivity index (χ1v) is 9.41. The number of carbonyl (C=O) groups excluding carboxylic acids is 2. The van der Waals surface area contributed by atoms with Crippen LogP contribution in [-0.4, -0.2) is 34.1 Å². The van der Waals surface area contributed by atoms with Gasteiger partial charge in [-0.25, -0.2) is 4.98 Å². The maximum atomic E-state index is 12.8. The van der Waals surface area contributed by atoms with Crippen LogP contribution in [0.3, 0.4) is 0 Å². The number of furan rings is 1. The fourth-order valence-corrected chi connectivity index (χ4v) is 3.37. The van der Waals surface area contributed by atoms with E-state index >= 15 is 0 Å². The predicted octanol–water partition coefficient (Wildman–Crippen LogP) is 2.05. The molecule has 0 saturated heterocycles. The molecule has 0 aliphatic carbocycles. The molecule has 9 heteroatoms. The number of carbonyl (C=O) groups is 2. The Morgan fingerprint density at radius 3 is 2.75 bits per heavy atom. The molecule has 0 radical (unpaired) electrons. The van der Waals surface area contributed by atoms with Crippen LogP contribution in [0.15, 0.2) is 28.1 Å². The van der Waals surface area contributed by atoms with E-state index < -0.39 is 24.0 Å². The standard InChI is InChI=1S/C19H21N3O5S/c1-10-15(28-9-21-10)7-26-12-4-5-14-13(6-12)16(11(2)27-14)17(24)22-19(3,8-23)18(20)25/h4-6,9,23H,7-8H2,1-3H3,(H2,20,25)(H,22,24)/t19-/m0/s1. The third-order valence-electron chi connectivity index (χ3n) is 4.53. The molecule has 0 aliphatic rings. The molecule has 0 bridgehead atoms. The van der Waals surface area contributed by atoms with E-state index in [1.165, 1.54) is 18.3 Å². The molecule has 0 unspecified atom stereocenters. The van der Waals surface area contributed by atoms with Crippen LogP contribution in [0.5, 0.6) is 5.75 Å². The van der Waals surface area contributed by atoms with Crippen molar-refractivity contribution in [3.63, 3.8) is 0 Å². The van der Waals surface area contributed by atoms with Crippen molar-refractivity contribution >= 4 is 34.1 Å². The first-order valence-electron chi connectivity index (χ1n) is 8.53. The number of hydrogen-bond acceptors (Lipinski definition) is 7. The topological polar surface area (TPSA) is 128 Å². The molecule has 1 atom stereocenters. The smallest absolute Gasteiger partial charge is 0.256 e. The molecule has 0 fully saturated rings. The highest BCUT2D eigenvalue weighted by molar-refractivity contribution is 7.09. The summed E-state index contributed by atoms with van der Waals surface area (Å²) in [6.45, 7) is 4.67. The first-order chi connectivity index (χ1) is 13.2. The van der Waals surface area contributed by atoms with Gasteiger partial charge in [-0.05, 0) is 39.0 Å². The number of aryl methyl sites for hydroxylation is 2. The number of rotatable bonds is 7. The molecular weight excluding hydrogens is 382 g/mol. The Balaban J connectivity index is 1.90. The molecule has 4 N–H and O–H groups in total. The van der Waals surface area contributed by atoms with Gasteiger partial charge in [0.05, 0.1) is 28.3 Å². The normalized spacial score (nSPS) is 13.3. The van der Waals surface area contributed by atoms with E-state index in [-0.39, 0.29) is 5.56 Å². The molecular formula is C19H21N3O5S. The van der Waals surface area contributed by atoms with E-state index in [2.05, 4.69) is 10.3 Å². The predicted molar refractivity (Wildman–Crippen MR) is 104 cm³/mol. The van der Waals surface area contributed by atoms with Gasteiger partial charge in [0.25, 0.3) is 5.91 Å². The zero-order valence-corrected chi connectivity index (χ0v) is 16.6. The lowest BCUT2D eigenvalue weighted by Crippen LogP contribution is -2.57. The SMILES string of the molecule is Cc1ncsc1COc1ccc2oc(C)c(C(=O)N[C@@](C)(CO)C(N)=O)c2c1. The van der Waals surface area contributed by atoms with E-state index in [0.29, 0.717) is 29.1 Å². The highest BCUT2D eigenvalue weighted by atomic mass is 32.1. The van der Waals surface area contributed by atoms with Crippen molar-refractivity contribution in [1.29, 1.82) is 0 Å². The number of aliphatic hydroxyl groups is 1. The number of hydrogen-bond donors (Lipinski definition) is 3. The average molecular weight is 403 g/mol. The van der Waals surface area contributed by atoms with Crippen LogP contribution >= 0.6 is 11.3 Å². The van der Waals surface area contributed by atoms with Crippen LogP contribution in [-0.2, 0) is 11.4 Å². The van der Waals surface area contributed by atoms with Crippen molar-refractivity contribution in [2.24, 2.45) is 5.73 Å². The van der Waals surface area contributed by atoms with Crippen molar-refractivity contribution in [3.05, 3.63) is 45.6 Å². The van der Waals surface area contributed by atoms with Gasteiger partial charge in [0.1, 0.15) is 29.2 Å². The molecule has 8 nitrogen and oxygen atoms in total. The molecule has 2 heterocycles. The van der Waals surface area contributed by atoms with Gasteiger partial charge in [0, 0.05) is 5.39 Å². The summed E-state index contributed by atoms with van der Waals surface area (Å²) in [6, 6.07) is 5.18. The Bertz CT molecular complexity index is 1040. The van der Waals surface area contributed by atoms with Gasteiger partial charge in [0.2, 0.25) is 5.91 Å². The molecule has 0 spiro atoms. The lowest BCUT2D eigenvalue weighted by Gasteiger charge is -2.24. The van der Waals surface area contributed by atoms with Gasteiger partial charge in [-0.3, -0.25) is 9.59 Å². The first kappa shape index (κ1) is 19.8. The minimum Gasteiger partial charge on any atom is -0.488 e. The number of aliphatic hydroxyl groups excluding tert-OH is 1. The Hall–Kier alpha value is -2.91. The van der Waals surface area contributed by atoms with Crippen molar-refractivity contribution in [3.8, 4) is 5.75 Å². The second kappa shape index (κ2) is 7.61. The van der Waals surface area contributed by atoms with Crippen LogP contribution in [0.4, 0.5) is 0 Å². The summed E-state index contributed by atoms with van der Waals surface area (Å²) in [5, 5.41) is 12.5. The summed E-state index contributed by atoms with van der Waals surface area (Å²) in [6.07, 6.45) is 0. The van der Waals surface area contributed by atoms with Crippen molar-refractivity contribution in [1.82, 2.24) is 10.3 Å². The number of ether oxygens (including phenoxy) is 1. The van der Waals surface area contributed by atoms with Crippen LogP contribution in [0.2, 0.25) is 0 Å². The lowest BCUT2D eigenvalue weighted by molar-refractivity contribution is -0.124. The van der Waals surface area contributed by atoms with Crippen LogP contribution in [0.25, 0.3) is 11.0 Å². The Morgan fingerprint density at radius 1 is 1.39 bits per heavy atom. The maximum absolute atomic E-state index is 12.8. The number of nitrogens with two attached hydrogens (primary N) is 1. The minimum atomic E-state index is -1.58. The molecule has 3 rings (SSSR count). The molecule has 0 saturated carbocycles. The molecule has 148 valence electrons. The molecule has 2 amide bonds. The number of benzene rings is 1. The summed E-state index contributed by atoms with van der Waals surface area (Å²) in [7, 11) is 0. The number of thiazole rings is 1. The largest absolute Gasteiger partial charge is 0.488 e. The Kier molecular flexibility index (Phi) is 5.39. The zero-order chi connectivity index (χ0) is 20.5. The van der Waals surface area contributed by atoms with Gasteiger partial charge in [-0.15, -0.1) is 11.3 Å². The quantitative estimate of drug-likeness (QED) is 0.554. The van der Waals surface area contributed by atoms with E-state index in [1.54, 1.807) is 30.6 Å². The highest BCUT2D eigenvalue weighted by Gasteiger charge is 2.34. The summed E-state index contributed by atoms with van der Waals surface area (Å²) in [4.78, 5) is 29.6. The monoisotopic (exact) mass is 403 g/mol. The van der Waals surface area contributed by atoms with E-state index in [0.717, 1.165) is 10.6 Å². The van der Waals surface area contributed by atoms with Crippen molar-refractivity contribution < 1.29 is 23.8 Å². The average Bonchev–Trinajstić information content (AvgIpc) is 3.20. The number of primary amides is 1. The van der Waals surface area contributed by atoms with Gasteiger partial charge < -0.3 is 25.3 Å². The summed E-state index contributed by atoms with van der Waals surface area (Å²) in [5.41, 5.74) is 7.16. The number of nitrogens with one attached hydrogen (secondary N) is 1. The number of fused-ring (bicyclic) bond motifs is 1. The molecule has 3 aromatic rings. The summed E-state index contributed by atoms with van der Waals surface area (Å²) < 4.78 is 11.5. The summed E-state index contributed by atoms with van der Waals surface area (Å²) >= 11 is 1.51. The maximum Gasteiger partial charge on any atom is 0.256 e. The van der Waals surface area contributed by atoms with Crippen molar-refractivity contribution in [2.75, 3.05) is 6.61 Å². The van der Waals surface area contributed by atoms with Crippen molar-refractivity contribution in [2.45, 2.75) is 32.9 Å². The molecule has 1 aromatic carbocycles. The second-order valence-corrected chi connectivity index (χ2v) is 7.59. The second-order valence-electron chi connectivity index (χ2n) is 6.65. The summed E-state index contributed by atoms with van der Waals surface area (Å²) in [5.74, 6) is -0.456. The minimum absolute atomic E-state index is 0.260. The van der Waals surface area contributed by atoms with Gasteiger partial charge in [0.15, 0.2) is 0 Å². The van der Waals surface area contributed by atoms with Gasteiger partial charge in [-0.2, -0.15) is 0 Å². The van der Waals surface area contributed by atoms with Gasteiger partial charge in [-0.1, -0.05) is 0 Å². The third-order valence-corrected chi connectivity index (χ3v) is 5.44. The number of aromatic nitrogens is 1. The fraction of sp³-hybridized carbons (Fsp3) is 0.316. The zero-order valence-electron chi connectivity index (χ0n) is 15.7. The Morgan fingerprint density at radius 2 is 2.14 bits per heavy atom. The Labute approximate surface area is 165 Å². The lowest BCUT2D eigenvalue weighted by atomic mass is 10.0. The molecule has 0 aliphatic heterocycles. The molecule has 2 aromatic heterocycles. The number of nitrogens with zero attached hydrogens (tertiary/aromatic N) is 1. The van der Waals surface area contributed by atoms with Gasteiger partial charge >= 0.3 is 0 Å². The molecule has 28 heavy (non-hydrogen) atoms. The fourth-order valence-electron chi connectivity index (χ4n) is 2.68. The van der Waals surface area contributed by atoms with Crippen LogP contribution < -0.4 is 15.8 Å². The number of amides is 2. The van der Waals surface area contributed by atoms with E-state index in [4.69, 9.17) is 14.9 Å². The highest BCUT2D eigenvalue weighted by Crippen LogP contribution is 2.30. The third kappa shape index (κ3) is 3.71. The van der Waals surface area contributed by atoms with E-state index in [1.807, 2.05) is 6.92 Å². The van der Waals surface area contributed by atoms with Crippen LogP contribution in [0, 0.1) is 13.8 Å². The van der Waals surface area contributed by atoms with Crippen LogP contribution in [0.1, 0.15) is 33.6 Å². The van der Waals surface area contributed by atoms with E-state index in [9.17, 15) is 14.7 Å².